The molecule has 1 aromatic rings. The Morgan fingerprint density at radius 1 is 1.47 bits per heavy atom. The lowest BCUT2D eigenvalue weighted by atomic mass is 10.4. The summed E-state index contributed by atoms with van der Waals surface area (Å²) in [7, 11) is 0. The number of morpholine rings is 1. The van der Waals surface area contributed by atoms with Crippen LogP contribution in [0.4, 0.5) is 11.1 Å². The largest absolute Gasteiger partial charge is 0.378 e. The highest BCUT2D eigenvalue weighted by atomic mass is 32.1. The van der Waals surface area contributed by atoms with E-state index in [4.69, 9.17) is 4.74 Å². The Bertz CT molecular complexity index is 298. The minimum atomic E-state index is 0.775. The molecule has 0 aromatic carbocycles. The number of rotatable bonds is 4. The maximum absolute atomic E-state index is 5.28. The van der Waals surface area contributed by atoms with Crippen LogP contribution in [0.25, 0.3) is 0 Å². The Labute approximate surface area is 93.6 Å². The molecule has 2 rings (SSSR count). The van der Waals surface area contributed by atoms with Gasteiger partial charge in [-0.25, -0.2) is 0 Å². The first-order chi connectivity index (χ1) is 7.40. The molecule has 1 fully saturated rings. The SMILES string of the molecule is CCCNc1nc(N2CCOCC2)ns1. The maximum atomic E-state index is 5.28. The topological polar surface area (TPSA) is 50.3 Å². The molecule has 0 aliphatic carbocycles. The smallest absolute Gasteiger partial charge is 0.239 e. The number of nitrogens with one attached hydrogen (secondary N) is 1. The van der Waals surface area contributed by atoms with Crippen molar-refractivity contribution in [1.29, 1.82) is 0 Å². The van der Waals surface area contributed by atoms with Crippen molar-refractivity contribution in [2.24, 2.45) is 0 Å². The van der Waals surface area contributed by atoms with E-state index in [1.165, 1.54) is 11.5 Å². The van der Waals surface area contributed by atoms with Gasteiger partial charge in [0.25, 0.3) is 0 Å². The van der Waals surface area contributed by atoms with Crippen LogP contribution < -0.4 is 10.2 Å². The zero-order chi connectivity index (χ0) is 10.5. The van der Waals surface area contributed by atoms with E-state index < -0.39 is 0 Å². The molecule has 1 aliphatic rings. The monoisotopic (exact) mass is 228 g/mol. The molecule has 0 bridgehead atoms. The second-order valence-corrected chi connectivity index (χ2v) is 4.18. The molecule has 1 N–H and O–H groups in total. The van der Waals surface area contributed by atoms with Crippen molar-refractivity contribution in [2.45, 2.75) is 13.3 Å². The highest BCUT2D eigenvalue weighted by molar-refractivity contribution is 7.09. The molecular formula is C9H16N4OS. The molecule has 0 spiro atoms. The number of nitrogens with zero attached hydrogens (tertiary/aromatic N) is 3. The lowest BCUT2D eigenvalue weighted by molar-refractivity contribution is 0.122. The number of aromatic nitrogens is 2. The van der Waals surface area contributed by atoms with Gasteiger partial charge in [-0.15, -0.1) is 0 Å². The molecule has 1 saturated heterocycles. The molecule has 0 amide bonds. The summed E-state index contributed by atoms with van der Waals surface area (Å²) < 4.78 is 9.61. The minimum absolute atomic E-state index is 0.775. The molecule has 6 heteroatoms. The first-order valence-electron chi connectivity index (χ1n) is 5.30. The highest BCUT2D eigenvalue weighted by Gasteiger charge is 2.15. The number of ether oxygens (including phenoxy) is 1. The number of hydrogen-bond donors (Lipinski definition) is 1. The summed E-state index contributed by atoms with van der Waals surface area (Å²) in [4.78, 5) is 6.60. The van der Waals surface area contributed by atoms with Crippen molar-refractivity contribution in [3.05, 3.63) is 0 Å². The van der Waals surface area contributed by atoms with Gasteiger partial charge >= 0.3 is 0 Å². The summed E-state index contributed by atoms with van der Waals surface area (Å²) in [6, 6.07) is 0. The molecule has 84 valence electrons. The molecule has 15 heavy (non-hydrogen) atoms. The van der Waals surface area contributed by atoms with Crippen LogP contribution in [0.5, 0.6) is 0 Å². The van der Waals surface area contributed by atoms with Crippen molar-refractivity contribution in [2.75, 3.05) is 43.1 Å². The molecule has 5 nitrogen and oxygen atoms in total. The Hall–Kier alpha value is -0.880. The van der Waals surface area contributed by atoms with Crippen molar-refractivity contribution in [3.63, 3.8) is 0 Å². The Kier molecular flexibility index (Phi) is 3.74. The van der Waals surface area contributed by atoms with Crippen LogP contribution in [0.2, 0.25) is 0 Å². The minimum Gasteiger partial charge on any atom is -0.378 e. The maximum Gasteiger partial charge on any atom is 0.239 e. The molecule has 0 atom stereocenters. The third-order valence-corrected chi connectivity index (χ3v) is 2.90. The molecule has 0 saturated carbocycles. The van der Waals surface area contributed by atoms with Gasteiger partial charge in [-0.05, 0) is 6.42 Å². The normalized spacial score (nSPS) is 16.7. The zero-order valence-corrected chi connectivity index (χ0v) is 9.72. The summed E-state index contributed by atoms with van der Waals surface area (Å²) in [5.41, 5.74) is 0. The lowest BCUT2D eigenvalue weighted by Gasteiger charge is -2.25. The molecule has 0 radical (unpaired) electrons. The van der Waals surface area contributed by atoms with Gasteiger partial charge in [-0.2, -0.15) is 9.36 Å². The van der Waals surface area contributed by atoms with E-state index in [-0.39, 0.29) is 0 Å². The fraction of sp³-hybridized carbons (Fsp3) is 0.778. The lowest BCUT2D eigenvalue weighted by Crippen LogP contribution is -2.36. The van der Waals surface area contributed by atoms with Gasteiger partial charge in [0.15, 0.2) is 0 Å². The first-order valence-corrected chi connectivity index (χ1v) is 6.07. The highest BCUT2D eigenvalue weighted by Crippen LogP contribution is 2.18. The van der Waals surface area contributed by atoms with E-state index in [0.717, 1.165) is 50.3 Å². The van der Waals surface area contributed by atoms with E-state index in [0.29, 0.717) is 0 Å². The summed E-state index contributed by atoms with van der Waals surface area (Å²) in [5, 5.41) is 4.16. The van der Waals surface area contributed by atoms with Crippen molar-refractivity contribution in [1.82, 2.24) is 9.36 Å². The average molecular weight is 228 g/mol. The van der Waals surface area contributed by atoms with E-state index >= 15 is 0 Å². The molecule has 2 heterocycles. The summed E-state index contributed by atoms with van der Waals surface area (Å²) in [6.07, 6.45) is 1.10. The predicted molar refractivity (Wildman–Crippen MR) is 61.7 cm³/mol. The van der Waals surface area contributed by atoms with E-state index in [9.17, 15) is 0 Å². The fourth-order valence-electron chi connectivity index (χ4n) is 1.41. The van der Waals surface area contributed by atoms with E-state index in [1.54, 1.807) is 0 Å². The quantitative estimate of drug-likeness (QED) is 0.839. The molecule has 1 aromatic heterocycles. The average Bonchev–Trinajstić information content (AvgIpc) is 2.76. The third-order valence-electron chi connectivity index (χ3n) is 2.24. The van der Waals surface area contributed by atoms with Crippen molar-refractivity contribution >= 4 is 22.6 Å². The van der Waals surface area contributed by atoms with E-state index in [1.807, 2.05) is 0 Å². The third kappa shape index (κ3) is 2.79. The Morgan fingerprint density at radius 3 is 3.00 bits per heavy atom. The first kappa shape index (κ1) is 10.6. The van der Waals surface area contributed by atoms with Crippen molar-refractivity contribution in [3.8, 4) is 0 Å². The predicted octanol–water partition coefficient (Wildman–Crippen LogP) is 1.20. The van der Waals surface area contributed by atoms with Crippen LogP contribution >= 0.6 is 11.5 Å². The number of anilines is 2. The van der Waals surface area contributed by atoms with Crippen LogP contribution in [0, 0.1) is 0 Å². The summed E-state index contributed by atoms with van der Waals surface area (Å²) >= 11 is 1.43. The molecule has 1 aliphatic heterocycles. The van der Waals surface area contributed by atoms with Crippen LogP contribution in [0.15, 0.2) is 0 Å². The molecule has 0 unspecified atom stereocenters. The fourth-order valence-corrected chi connectivity index (χ4v) is 2.02. The van der Waals surface area contributed by atoms with Gasteiger partial charge < -0.3 is 15.0 Å². The van der Waals surface area contributed by atoms with Crippen molar-refractivity contribution < 1.29 is 4.74 Å². The van der Waals surface area contributed by atoms with Gasteiger partial charge in [0.05, 0.1) is 13.2 Å². The van der Waals surface area contributed by atoms with Gasteiger partial charge in [-0.1, -0.05) is 6.92 Å². The van der Waals surface area contributed by atoms with Gasteiger partial charge in [0, 0.05) is 31.2 Å². The Morgan fingerprint density at radius 2 is 2.27 bits per heavy atom. The van der Waals surface area contributed by atoms with Crippen LogP contribution in [-0.2, 0) is 4.74 Å². The second-order valence-electron chi connectivity index (χ2n) is 3.43. The standard InChI is InChI=1S/C9H16N4OS/c1-2-3-10-9-11-8(12-15-9)13-4-6-14-7-5-13/h2-7H2,1H3,(H,10,11,12). The van der Waals surface area contributed by atoms with Crippen LogP contribution in [0.3, 0.4) is 0 Å². The Balaban J connectivity index is 1.93. The van der Waals surface area contributed by atoms with Gasteiger partial charge in [0.1, 0.15) is 0 Å². The van der Waals surface area contributed by atoms with Crippen LogP contribution in [-0.4, -0.2) is 42.2 Å². The molecular weight excluding hydrogens is 212 g/mol. The van der Waals surface area contributed by atoms with Gasteiger partial charge in [-0.3, -0.25) is 0 Å². The van der Waals surface area contributed by atoms with Crippen LogP contribution in [0.1, 0.15) is 13.3 Å². The van der Waals surface area contributed by atoms with E-state index in [2.05, 4.69) is 26.5 Å². The number of hydrogen-bond acceptors (Lipinski definition) is 6. The zero-order valence-electron chi connectivity index (χ0n) is 8.90. The van der Waals surface area contributed by atoms with Gasteiger partial charge in [0.2, 0.25) is 11.1 Å². The summed E-state index contributed by atoms with van der Waals surface area (Å²) in [5.74, 6) is 0.835. The summed E-state index contributed by atoms with van der Waals surface area (Å²) in [6.45, 7) is 6.43. The second kappa shape index (κ2) is 5.27.